The van der Waals surface area contributed by atoms with Gasteiger partial charge in [0.25, 0.3) is 0 Å². The molecule has 2 atom stereocenters. The number of carboxylic acids is 1. The lowest BCUT2D eigenvalue weighted by molar-refractivity contribution is -0.173. The molecule has 1 aliphatic heterocycles. The molecule has 0 saturated carbocycles. The zero-order chi connectivity index (χ0) is 15.6. The van der Waals surface area contributed by atoms with Crippen molar-refractivity contribution in [2.75, 3.05) is 13.2 Å². The number of carbonyl (C=O) groups excluding carboxylic acids is 1. The molecule has 5 nitrogen and oxygen atoms in total. The molecule has 2 unspecified atom stereocenters. The summed E-state index contributed by atoms with van der Waals surface area (Å²) >= 11 is 12.4. The summed E-state index contributed by atoms with van der Waals surface area (Å²) in [6.07, 6.45) is -0.497. The number of halogens is 2. The fourth-order valence-electron chi connectivity index (χ4n) is 2.47. The van der Waals surface area contributed by atoms with Crippen LogP contribution in [0.1, 0.15) is 24.9 Å². The minimum absolute atomic E-state index is 0.254. The fourth-order valence-corrected chi connectivity index (χ4v) is 3.09. The van der Waals surface area contributed by atoms with E-state index in [0.29, 0.717) is 28.6 Å². The van der Waals surface area contributed by atoms with Crippen LogP contribution in [-0.2, 0) is 14.3 Å². The molecule has 0 aromatic heterocycles. The Hall–Kier alpha value is -1.30. The summed E-state index contributed by atoms with van der Waals surface area (Å²) in [6, 6.07) is 4.07. The summed E-state index contributed by atoms with van der Waals surface area (Å²) in [7, 11) is 0. The van der Waals surface area contributed by atoms with Gasteiger partial charge in [0, 0.05) is 22.2 Å². The standard InChI is InChI=1S/C14H15Cl2NO4/c1-2-6-17-10(18)7-21-13(14(19)20)12(17)11-8(15)4-3-5-9(11)16/h3-5,12-13H,2,6-7H2,1H3,(H,19,20). The summed E-state index contributed by atoms with van der Waals surface area (Å²) in [5.74, 6) is -1.42. The number of aliphatic carboxylic acids is 1. The number of hydrogen-bond acceptors (Lipinski definition) is 3. The average Bonchev–Trinajstić information content (AvgIpc) is 2.42. The Bertz CT molecular complexity index is 544. The number of hydrogen-bond donors (Lipinski definition) is 1. The van der Waals surface area contributed by atoms with Crippen LogP contribution < -0.4 is 0 Å². The van der Waals surface area contributed by atoms with E-state index in [1.807, 2.05) is 6.92 Å². The maximum absolute atomic E-state index is 12.1. The van der Waals surface area contributed by atoms with Gasteiger partial charge >= 0.3 is 5.97 Å². The quantitative estimate of drug-likeness (QED) is 0.921. The van der Waals surface area contributed by atoms with Gasteiger partial charge in [0.05, 0.1) is 6.04 Å². The number of nitrogens with zero attached hydrogens (tertiary/aromatic N) is 1. The van der Waals surface area contributed by atoms with Crippen LogP contribution in [0, 0.1) is 0 Å². The first-order valence-corrected chi connectivity index (χ1v) is 7.30. The van der Waals surface area contributed by atoms with Gasteiger partial charge in [-0.2, -0.15) is 0 Å². The summed E-state index contributed by atoms with van der Waals surface area (Å²) in [6.45, 7) is 2.07. The second-order valence-electron chi connectivity index (χ2n) is 4.74. The third-order valence-corrected chi connectivity index (χ3v) is 3.99. The molecular weight excluding hydrogens is 317 g/mol. The third kappa shape index (κ3) is 3.15. The first-order valence-electron chi connectivity index (χ1n) is 6.55. The molecule has 0 spiro atoms. The minimum Gasteiger partial charge on any atom is -0.479 e. The van der Waals surface area contributed by atoms with Gasteiger partial charge < -0.3 is 14.7 Å². The second-order valence-corrected chi connectivity index (χ2v) is 5.55. The van der Waals surface area contributed by atoms with E-state index in [0.717, 1.165) is 0 Å². The predicted molar refractivity (Wildman–Crippen MR) is 78.6 cm³/mol. The van der Waals surface area contributed by atoms with Crippen molar-refractivity contribution in [1.82, 2.24) is 4.90 Å². The maximum Gasteiger partial charge on any atom is 0.335 e. The molecule has 0 bridgehead atoms. The lowest BCUT2D eigenvalue weighted by atomic mass is 9.97. The molecule has 1 amide bonds. The topological polar surface area (TPSA) is 66.8 Å². The van der Waals surface area contributed by atoms with Crippen molar-refractivity contribution in [3.63, 3.8) is 0 Å². The van der Waals surface area contributed by atoms with E-state index < -0.39 is 18.1 Å². The van der Waals surface area contributed by atoms with E-state index in [-0.39, 0.29) is 12.5 Å². The molecule has 1 aromatic carbocycles. The maximum atomic E-state index is 12.1. The lowest BCUT2D eigenvalue weighted by Gasteiger charge is -2.40. The zero-order valence-corrected chi connectivity index (χ0v) is 12.9. The number of rotatable bonds is 4. The fraction of sp³-hybridized carbons (Fsp3) is 0.429. The van der Waals surface area contributed by atoms with E-state index in [4.69, 9.17) is 27.9 Å². The molecule has 0 radical (unpaired) electrons. The molecule has 1 N–H and O–H groups in total. The summed E-state index contributed by atoms with van der Waals surface area (Å²) in [4.78, 5) is 25.0. The number of carbonyl (C=O) groups is 2. The van der Waals surface area contributed by atoms with Gasteiger partial charge in [-0.05, 0) is 18.6 Å². The number of ether oxygens (including phenoxy) is 1. The molecule has 21 heavy (non-hydrogen) atoms. The van der Waals surface area contributed by atoms with Crippen LogP contribution in [0.25, 0.3) is 0 Å². The van der Waals surface area contributed by atoms with Crippen LogP contribution in [0.2, 0.25) is 10.0 Å². The Labute approximate surface area is 132 Å². The lowest BCUT2D eigenvalue weighted by Crippen LogP contribution is -2.52. The monoisotopic (exact) mass is 331 g/mol. The van der Waals surface area contributed by atoms with Gasteiger partial charge in [-0.1, -0.05) is 36.2 Å². The highest BCUT2D eigenvalue weighted by molar-refractivity contribution is 6.36. The average molecular weight is 332 g/mol. The first kappa shape index (κ1) is 16.1. The van der Waals surface area contributed by atoms with Crippen molar-refractivity contribution in [3.8, 4) is 0 Å². The van der Waals surface area contributed by atoms with Crippen molar-refractivity contribution in [2.24, 2.45) is 0 Å². The van der Waals surface area contributed by atoms with Gasteiger partial charge in [-0.15, -0.1) is 0 Å². The Balaban J connectivity index is 2.54. The van der Waals surface area contributed by atoms with E-state index in [9.17, 15) is 14.7 Å². The van der Waals surface area contributed by atoms with Gasteiger partial charge in [0.2, 0.25) is 5.91 Å². The van der Waals surface area contributed by atoms with E-state index in [1.54, 1.807) is 18.2 Å². The molecule has 1 aliphatic rings. The first-order chi connectivity index (χ1) is 9.97. The molecule has 7 heteroatoms. The Morgan fingerprint density at radius 1 is 1.43 bits per heavy atom. The second kappa shape index (κ2) is 6.64. The van der Waals surface area contributed by atoms with Crippen LogP contribution in [0.4, 0.5) is 0 Å². The Kier molecular flexibility index (Phi) is 5.08. The molecule has 1 fully saturated rings. The number of carboxylic acid groups (broad SMARTS) is 1. The predicted octanol–water partition coefficient (Wildman–Crippen LogP) is 2.76. The van der Waals surface area contributed by atoms with E-state index >= 15 is 0 Å². The third-order valence-electron chi connectivity index (χ3n) is 3.33. The van der Waals surface area contributed by atoms with E-state index in [1.165, 1.54) is 4.90 Å². The van der Waals surface area contributed by atoms with Crippen LogP contribution in [0.5, 0.6) is 0 Å². The van der Waals surface area contributed by atoms with Crippen molar-refractivity contribution in [1.29, 1.82) is 0 Å². The molecule has 2 rings (SSSR count). The molecule has 0 aliphatic carbocycles. The van der Waals surface area contributed by atoms with Crippen LogP contribution >= 0.6 is 23.2 Å². The molecular formula is C14H15Cl2NO4. The summed E-state index contributed by atoms with van der Waals surface area (Å²) in [5, 5.41) is 10.0. The smallest absolute Gasteiger partial charge is 0.335 e. The van der Waals surface area contributed by atoms with Crippen molar-refractivity contribution < 1.29 is 19.4 Å². The van der Waals surface area contributed by atoms with Crippen LogP contribution in [0.15, 0.2) is 18.2 Å². The normalized spacial score (nSPS) is 22.4. The Morgan fingerprint density at radius 2 is 2.05 bits per heavy atom. The summed E-state index contributed by atoms with van der Waals surface area (Å²) in [5.41, 5.74) is 0.412. The number of amides is 1. The van der Waals surface area contributed by atoms with Crippen LogP contribution in [0.3, 0.4) is 0 Å². The van der Waals surface area contributed by atoms with Gasteiger partial charge in [0.15, 0.2) is 6.10 Å². The van der Waals surface area contributed by atoms with E-state index in [2.05, 4.69) is 0 Å². The van der Waals surface area contributed by atoms with Gasteiger partial charge in [0.1, 0.15) is 6.61 Å². The largest absolute Gasteiger partial charge is 0.479 e. The zero-order valence-electron chi connectivity index (χ0n) is 11.4. The number of benzene rings is 1. The molecule has 1 saturated heterocycles. The van der Waals surface area contributed by atoms with Crippen molar-refractivity contribution >= 4 is 35.1 Å². The van der Waals surface area contributed by atoms with Gasteiger partial charge in [-0.25, -0.2) is 4.79 Å². The SMILES string of the molecule is CCCN1C(=O)COC(C(=O)O)C1c1c(Cl)cccc1Cl. The molecule has 1 aromatic rings. The molecule has 114 valence electrons. The highest BCUT2D eigenvalue weighted by atomic mass is 35.5. The minimum atomic E-state index is -1.19. The highest BCUT2D eigenvalue weighted by Gasteiger charge is 2.43. The van der Waals surface area contributed by atoms with Crippen molar-refractivity contribution in [2.45, 2.75) is 25.5 Å². The van der Waals surface area contributed by atoms with Crippen molar-refractivity contribution in [3.05, 3.63) is 33.8 Å². The van der Waals surface area contributed by atoms with Crippen LogP contribution in [-0.4, -0.2) is 41.1 Å². The summed E-state index contributed by atoms with van der Waals surface area (Å²) < 4.78 is 5.20. The van der Waals surface area contributed by atoms with Gasteiger partial charge in [-0.3, -0.25) is 4.79 Å². The molecule has 1 heterocycles. The Morgan fingerprint density at radius 3 is 2.57 bits per heavy atom. The number of morpholine rings is 1. The highest BCUT2D eigenvalue weighted by Crippen LogP contribution is 2.38.